The number of nitrogens with one attached hydrogen (secondary N) is 1. The highest BCUT2D eigenvalue weighted by Gasteiger charge is 2.55. The van der Waals surface area contributed by atoms with E-state index in [0.29, 0.717) is 17.6 Å². The van der Waals surface area contributed by atoms with E-state index in [1.165, 1.54) is 48.5 Å². The van der Waals surface area contributed by atoms with Crippen LogP contribution in [-0.4, -0.2) is 18.7 Å². The lowest BCUT2D eigenvalue weighted by atomic mass is 9.57. The van der Waals surface area contributed by atoms with E-state index in [9.17, 15) is 0 Å². The van der Waals surface area contributed by atoms with Crippen LogP contribution in [0.1, 0.15) is 51.9 Å². The third-order valence-electron chi connectivity index (χ3n) is 5.34. The van der Waals surface area contributed by atoms with Crippen molar-refractivity contribution in [2.45, 2.75) is 64.0 Å². The van der Waals surface area contributed by atoms with Crippen LogP contribution in [-0.2, 0) is 0 Å². The van der Waals surface area contributed by atoms with Gasteiger partial charge in [0.15, 0.2) is 0 Å². The van der Waals surface area contributed by atoms with Crippen molar-refractivity contribution >= 4 is 22.6 Å². The Hall–Kier alpha value is -0.290. The molecule has 3 rings (SSSR count). The second-order valence-electron chi connectivity index (χ2n) is 6.56. The van der Waals surface area contributed by atoms with Crippen LogP contribution in [0.4, 0.5) is 0 Å². The van der Waals surface area contributed by atoms with Crippen molar-refractivity contribution in [1.82, 2.24) is 5.32 Å². The minimum absolute atomic E-state index is 0.383. The normalized spacial score (nSPS) is 27.9. The van der Waals surface area contributed by atoms with Gasteiger partial charge in [0.1, 0.15) is 11.9 Å². The van der Waals surface area contributed by atoms with Crippen LogP contribution in [0, 0.1) is 8.99 Å². The molecule has 2 nitrogen and oxygen atoms in total. The topological polar surface area (TPSA) is 21.3 Å². The van der Waals surface area contributed by atoms with Crippen molar-refractivity contribution in [3.63, 3.8) is 0 Å². The molecule has 2 unspecified atom stereocenters. The highest BCUT2D eigenvalue weighted by atomic mass is 127. The highest BCUT2D eigenvalue weighted by molar-refractivity contribution is 14.1. The maximum Gasteiger partial charge on any atom is 0.120 e. The zero-order valence-corrected chi connectivity index (χ0v) is 15.1. The van der Waals surface area contributed by atoms with Gasteiger partial charge in [-0.05, 0) is 60.2 Å². The van der Waals surface area contributed by atoms with E-state index in [-0.39, 0.29) is 0 Å². The Bertz CT molecular complexity index is 468. The summed E-state index contributed by atoms with van der Waals surface area (Å²) in [7, 11) is 0. The van der Waals surface area contributed by atoms with Gasteiger partial charge in [0.05, 0.1) is 0 Å². The first-order valence-electron chi connectivity index (χ1n) is 8.40. The molecule has 0 heterocycles. The Balaban J connectivity index is 1.75. The molecule has 0 saturated heterocycles. The molecule has 1 aromatic rings. The Morgan fingerprint density at radius 1 is 1.24 bits per heavy atom. The van der Waals surface area contributed by atoms with E-state index in [2.05, 4.69) is 59.1 Å². The summed E-state index contributed by atoms with van der Waals surface area (Å²) in [5.74, 6) is 1.05. The molecule has 116 valence electrons. The lowest BCUT2D eigenvalue weighted by Crippen LogP contribution is -2.64. The van der Waals surface area contributed by atoms with Gasteiger partial charge in [-0.2, -0.15) is 0 Å². The van der Waals surface area contributed by atoms with Crippen molar-refractivity contribution in [2.75, 3.05) is 6.54 Å². The predicted molar refractivity (Wildman–Crippen MR) is 95.8 cm³/mol. The van der Waals surface area contributed by atoms with Gasteiger partial charge in [0, 0.05) is 21.4 Å². The Morgan fingerprint density at radius 2 is 2.00 bits per heavy atom. The van der Waals surface area contributed by atoms with E-state index >= 15 is 0 Å². The van der Waals surface area contributed by atoms with Gasteiger partial charge in [-0.25, -0.2) is 0 Å². The fourth-order valence-corrected chi connectivity index (χ4v) is 4.72. The molecule has 2 aliphatic rings. The van der Waals surface area contributed by atoms with Gasteiger partial charge >= 0.3 is 0 Å². The number of ether oxygens (including phenoxy) is 1. The first-order chi connectivity index (χ1) is 10.2. The summed E-state index contributed by atoms with van der Waals surface area (Å²) in [5.41, 5.74) is 0.383. The number of halogens is 1. The van der Waals surface area contributed by atoms with Crippen LogP contribution in [0.2, 0.25) is 0 Å². The van der Waals surface area contributed by atoms with E-state index < -0.39 is 0 Å². The van der Waals surface area contributed by atoms with Gasteiger partial charge in [0.25, 0.3) is 0 Å². The maximum absolute atomic E-state index is 6.41. The third kappa shape index (κ3) is 3.24. The molecule has 0 aromatic heterocycles. The Labute approximate surface area is 142 Å². The highest BCUT2D eigenvalue weighted by Crippen LogP contribution is 2.52. The molecule has 2 aliphatic carbocycles. The standard InChI is InChI=1S/C18H26INO/c1-2-20-16-13-17(18(16)10-5-3-4-6-11-18)21-15-9-7-8-14(19)12-15/h7-9,12,16-17,20H,2-6,10-11,13H2,1H3. The van der Waals surface area contributed by atoms with Gasteiger partial charge < -0.3 is 10.1 Å². The molecular formula is C18H26INO. The average Bonchev–Trinajstić information content (AvgIpc) is 2.74. The first kappa shape index (κ1) is 15.6. The largest absolute Gasteiger partial charge is 0.490 e. The molecule has 1 spiro atoms. The monoisotopic (exact) mass is 399 g/mol. The van der Waals surface area contributed by atoms with Crippen LogP contribution in [0.15, 0.2) is 24.3 Å². The molecule has 0 bridgehead atoms. The summed E-state index contributed by atoms with van der Waals surface area (Å²) in [6.07, 6.45) is 9.77. The molecule has 0 amide bonds. The van der Waals surface area contributed by atoms with E-state index in [0.717, 1.165) is 12.3 Å². The minimum atomic E-state index is 0.383. The van der Waals surface area contributed by atoms with Gasteiger partial charge in [-0.1, -0.05) is 38.7 Å². The van der Waals surface area contributed by atoms with Crippen LogP contribution in [0.25, 0.3) is 0 Å². The van der Waals surface area contributed by atoms with Crippen LogP contribution in [0.5, 0.6) is 5.75 Å². The van der Waals surface area contributed by atoms with E-state index in [4.69, 9.17) is 4.74 Å². The number of benzene rings is 1. The minimum Gasteiger partial charge on any atom is -0.490 e. The fraction of sp³-hybridized carbons (Fsp3) is 0.667. The quantitative estimate of drug-likeness (QED) is 0.738. The smallest absolute Gasteiger partial charge is 0.120 e. The fourth-order valence-electron chi connectivity index (χ4n) is 4.21. The third-order valence-corrected chi connectivity index (χ3v) is 6.02. The zero-order chi connectivity index (χ0) is 14.7. The Kier molecular flexibility index (Phi) is 5.10. The molecule has 2 fully saturated rings. The van der Waals surface area contributed by atoms with Crippen LogP contribution < -0.4 is 10.1 Å². The zero-order valence-electron chi connectivity index (χ0n) is 12.9. The van der Waals surface area contributed by atoms with E-state index in [1.54, 1.807) is 0 Å². The van der Waals surface area contributed by atoms with Crippen LogP contribution >= 0.6 is 22.6 Å². The number of hydrogen-bond donors (Lipinski definition) is 1. The molecule has 2 saturated carbocycles. The summed E-state index contributed by atoms with van der Waals surface area (Å²) in [5, 5.41) is 3.72. The second-order valence-corrected chi connectivity index (χ2v) is 7.80. The van der Waals surface area contributed by atoms with Crippen molar-refractivity contribution < 1.29 is 4.74 Å². The number of rotatable bonds is 4. The van der Waals surface area contributed by atoms with E-state index in [1.807, 2.05) is 0 Å². The molecule has 2 atom stereocenters. The molecular weight excluding hydrogens is 373 g/mol. The summed E-state index contributed by atoms with van der Waals surface area (Å²) in [4.78, 5) is 0. The lowest BCUT2D eigenvalue weighted by molar-refractivity contribution is -0.0900. The molecule has 0 radical (unpaired) electrons. The molecule has 21 heavy (non-hydrogen) atoms. The average molecular weight is 399 g/mol. The summed E-state index contributed by atoms with van der Waals surface area (Å²) >= 11 is 2.36. The molecule has 3 heteroatoms. The van der Waals surface area contributed by atoms with Gasteiger partial charge in [0.2, 0.25) is 0 Å². The molecule has 1 N–H and O–H groups in total. The summed E-state index contributed by atoms with van der Waals surface area (Å²) < 4.78 is 7.66. The lowest BCUT2D eigenvalue weighted by Gasteiger charge is -2.56. The maximum atomic E-state index is 6.41. The van der Waals surface area contributed by atoms with Crippen molar-refractivity contribution in [2.24, 2.45) is 5.41 Å². The Morgan fingerprint density at radius 3 is 2.67 bits per heavy atom. The molecule has 0 aliphatic heterocycles. The van der Waals surface area contributed by atoms with Gasteiger partial charge in [-0.15, -0.1) is 0 Å². The summed E-state index contributed by atoms with van der Waals surface area (Å²) in [6.45, 7) is 3.29. The second kappa shape index (κ2) is 6.86. The van der Waals surface area contributed by atoms with Crippen molar-refractivity contribution in [3.05, 3.63) is 27.8 Å². The predicted octanol–water partition coefficient (Wildman–Crippen LogP) is 4.76. The SMILES string of the molecule is CCNC1CC(Oc2cccc(I)c2)C12CCCCCC2. The van der Waals surface area contributed by atoms with Crippen molar-refractivity contribution in [3.8, 4) is 5.75 Å². The number of hydrogen-bond acceptors (Lipinski definition) is 2. The first-order valence-corrected chi connectivity index (χ1v) is 9.48. The van der Waals surface area contributed by atoms with Gasteiger partial charge in [-0.3, -0.25) is 0 Å². The molecule has 1 aromatic carbocycles. The summed E-state index contributed by atoms with van der Waals surface area (Å²) in [6, 6.07) is 9.14. The van der Waals surface area contributed by atoms with Crippen molar-refractivity contribution in [1.29, 1.82) is 0 Å². The van der Waals surface area contributed by atoms with Crippen LogP contribution in [0.3, 0.4) is 0 Å².